The van der Waals surface area contributed by atoms with E-state index < -0.39 is 0 Å². The van der Waals surface area contributed by atoms with Gasteiger partial charge in [0, 0.05) is 16.0 Å². The van der Waals surface area contributed by atoms with Crippen LogP contribution in [0.1, 0.15) is 25.3 Å². The Morgan fingerprint density at radius 2 is 2.29 bits per heavy atom. The van der Waals surface area contributed by atoms with Crippen LogP contribution in [0.2, 0.25) is 0 Å². The molecule has 3 heteroatoms. The average Bonchev–Trinajstić information content (AvgIpc) is 2.17. The number of ether oxygens (including phenoxy) is 1. The third-order valence-electron chi connectivity index (χ3n) is 1.97. The van der Waals surface area contributed by atoms with Gasteiger partial charge in [-0.05, 0) is 19.1 Å². The minimum absolute atomic E-state index is 0.121. The van der Waals surface area contributed by atoms with Crippen LogP contribution in [0.15, 0.2) is 22.7 Å². The van der Waals surface area contributed by atoms with Crippen LogP contribution in [0.5, 0.6) is 5.75 Å². The molecule has 76 valence electrons. The lowest BCUT2D eigenvalue weighted by Gasteiger charge is -2.12. The molecule has 0 spiro atoms. The molecule has 0 amide bonds. The first kappa shape index (κ1) is 11.2. The number of hydrogen-bond donors (Lipinski definition) is 0. The molecular weight excluding hydrogens is 244 g/mol. The van der Waals surface area contributed by atoms with Gasteiger partial charge in [0.25, 0.3) is 0 Å². The molecule has 1 rings (SSSR count). The summed E-state index contributed by atoms with van der Waals surface area (Å²) in [5.74, 6) is 0.658. The van der Waals surface area contributed by atoms with E-state index in [9.17, 15) is 4.79 Å². The van der Waals surface area contributed by atoms with E-state index in [1.807, 2.05) is 32.0 Å². The summed E-state index contributed by atoms with van der Waals surface area (Å²) in [4.78, 5) is 10.7. The predicted octanol–water partition coefficient (Wildman–Crippen LogP) is 3.15. The fourth-order valence-electron chi connectivity index (χ4n) is 1.24. The summed E-state index contributed by atoms with van der Waals surface area (Å²) in [6, 6.07) is 5.71. The smallest absolute Gasteiger partial charge is 0.127 e. The summed E-state index contributed by atoms with van der Waals surface area (Å²) in [5, 5.41) is 0. The molecule has 0 aliphatic heterocycles. The van der Waals surface area contributed by atoms with Crippen molar-refractivity contribution in [2.24, 2.45) is 0 Å². The minimum Gasteiger partial charge on any atom is -0.494 e. The van der Waals surface area contributed by atoms with Gasteiger partial charge in [0.05, 0.1) is 6.61 Å². The normalized spacial score (nSPS) is 12.2. The highest BCUT2D eigenvalue weighted by Crippen LogP contribution is 2.28. The molecule has 0 aliphatic carbocycles. The first-order chi connectivity index (χ1) is 6.69. The lowest BCUT2D eigenvalue weighted by molar-refractivity contribution is -0.108. The lowest BCUT2D eigenvalue weighted by Crippen LogP contribution is -2.01. The number of aldehydes is 1. The Hall–Kier alpha value is -0.830. The molecule has 0 bridgehead atoms. The third kappa shape index (κ3) is 2.58. The van der Waals surface area contributed by atoms with Crippen molar-refractivity contribution in [2.75, 3.05) is 6.61 Å². The highest BCUT2D eigenvalue weighted by Gasteiger charge is 2.10. The molecule has 2 nitrogen and oxygen atoms in total. The maximum Gasteiger partial charge on any atom is 0.127 e. The summed E-state index contributed by atoms with van der Waals surface area (Å²) < 4.78 is 6.41. The van der Waals surface area contributed by atoms with Gasteiger partial charge >= 0.3 is 0 Å². The van der Waals surface area contributed by atoms with Crippen molar-refractivity contribution in [1.29, 1.82) is 0 Å². The summed E-state index contributed by atoms with van der Waals surface area (Å²) in [5.41, 5.74) is 0.935. The molecule has 0 heterocycles. The Kier molecular flexibility index (Phi) is 4.14. The molecule has 1 unspecified atom stereocenters. The summed E-state index contributed by atoms with van der Waals surface area (Å²) in [6.07, 6.45) is 0.922. The number of hydrogen-bond acceptors (Lipinski definition) is 2. The minimum atomic E-state index is -0.121. The predicted molar refractivity (Wildman–Crippen MR) is 59.8 cm³/mol. The van der Waals surface area contributed by atoms with Crippen LogP contribution in [-0.2, 0) is 4.79 Å². The fourth-order valence-corrected chi connectivity index (χ4v) is 1.58. The molecule has 0 aliphatic rings. The van der Waals surface area contributed by atoms with E-state index in [1.165, 1.54) is 0 Å². The van der Waals surface area contributed by atoms with Gasteiger partial charge in [0.2, 0.25) is 0 Å². The van der Waals surface area contributed by atoms with Gasteiger partial charge in [-0.15, -0.1) is 0 Å². The number of benzene rings is 1. The van der Waals surface area contributed by atoms with E-state index in [0.717, 1.165) is 22.1 Å². The van der Waals surface area contributed by atoms with Crippen LogP contribution in [0.25, 0.3) is 0 Å². The summed E-state index contributed by atoms with van der Waals surface area (Å²) >= 11 is 3.37. The van der Waals surface area contributed by atoms with E-state index in [1.54, 1.807) is 0 Å². The fraction of sp³-hybridized carbons (Fsp3) is 0.364. The average molecular weight is 257 g/mol. The molecule has 0 radical (unpaired) electrons. The van der Waals surface area contributed by atoms with Crippen LogP contribution < -0.4 is 4.74 Å². The van der Waals surface area contributed by atoms with Gasteiger partial charge in [-0.1, -0.05) is 28.9 Å². The second-order valence-electron chi connectivity index (χ2n) is 3.04. The molecule has 0 saturated heterocycles. The zero-order valence-electron chi connectivity index (χ0n) is 8.29. The number of carbonyl (C=O) groups is 1. The Morgan fingerprint density at radius 3 is 2.86 bits per heavy atom. The van der Waals surface area contributed by atoms with Crippen molar-refractivity contribution in [3.05, 3.63) is 28.2 Å². The van der Waals surface area contributed by atoms with E-state index in [-0.39, 0.29) is 5.92 Å². The van der Waals surface area contributed by atoms with E-state index in [0.29, 0.717) is 6.61 Å². The van der Waals surface area contributed by atoms with Gasteiger partial charge in [0.1, 0.15) is 12.0 Å². The monoisotopic (exact) mass is 256 g/mol. The van der Waals surface area contributed by atoms with E-state index >= 15 is 0 Å². The van der Waals surface area contributed by atoms with Gasteiger partial charge < -0.3 is 9.53 Å². The third-order valence-corrected chi connectivity index (χ3v) is 2.46. The first-order valence-corrected chi connectivity index (χ1v) is 5.35. The van der Waals surface area contributed by atoms with Gasteiger partial charge in [-0.25, -0.2) is 0 Å². The number of carbonyl (C=O) groups excluding carboxylic acids is 1. The Balaban J connectivity index is 3.07. The molecule has 14 heavy (non-hydrogen) atoms. The van der Waals surface area contributed by atoms with Crippen LogP contribution >= 0.6 is 15.9 Å². The highest BCUT2D eigenvalue weighted by atomic mass is 79.9. The SMILES string of the molecule is CCOc1cc(Br)ccc1C(C)C=O. The molecule has 1 aromatic rings. The second-order valence-corrected chi connectivity index (χ2v) is 3.96. The maximum atomic E-state index is 10.7. The Bertz CT molecular complexity index is 323. The topological polar surface area (TPSA) is 26.3 Å². The molecule has 0 aromatic heterocycles. The molecular formula is C11H13BrO2. The largest absolute Gasteiger partial charge is 0.494 e. The molecule has 1 aromatic carbocycles. The molecule has 0 N–H and O–H groups in total. The number of rotatable bonds is 4. The summed E-state index contributed by atoms with van der Waals surface area (Å²) in [6.45, 7) is 4.39. The molecule has 1 atom stereocenters. The van der Waals surface area contributed by atoms with Crippen molar-refractivity contribution in [2.45, 2.75) is 19.8 Å². The number of halogens is 1. The van der Waals surface area contributed by atoms with Crippen molar-refractivity contribution < 1.29 is 9.53 Å². The van der Waals surface area contributed by atoms with Crippen LogP contribution in [0, 0.1) is 0 Å². The Morgan fingerprint density at radius 1 is 1.57 bits per heavy atom. The van der Waals surface area contributed by atoms with E-state index in [4.69, 9.17) is 4.74 Å². The standard InChI is InChI=1S/C11H13BrO2/c1-3-14-11-6-9(12)4-5-10(11)8(2)7-13/h4-8H,3H2,1-2H3. The van der Waals surface area contributed by atoms with E-state index in [2.05, 4.69) is 15.9 Å². The quantitative estimate of drug-likeness (QED) is 0.774. The summed E-state index contributed by atoms with van der Waals surface area (Å²) in [7, 11) is 0. The van der Waals surface area contributed by atoms with Gasteiger partial charge in [-0.2, -0.15) is 0 Å². The van der Waals surface area contributed by atoms with Crippen molar-refractivity contribution in [1.82, 2.24) is 0 Å². The van der Waals surface area contributed by atoms with Crippen molar-refractivity contribution in [3.8, 4) is 5.75 Å². The Labute approximate surface area is 92.4 Å². The van der Waals surface area contributed by atoms with Crippen molar-refractivity contribution in [3.63, 3.8) is 0 Å². The first-order valence-electron chi connectivity index (χ1n) is 4.56. The van der Waals surface area contributed by atoms with Crippen LogP contribution in [-0.4, -0.2) is 12.9 Å². The van der Waals surface area contributed by atoms with Crippen LogP contribution in [0.3, 0.4) is 0 Å². The van der Waals surface area contributed by atoms with Gasteiger partial charge in [-0.3, -0.25) is 0 Å². The highest BCUT2D eigenvalue weighted by molar-refractivity contribution is 9.10. The lowest BCUT2D eigenvalue weighted by atomic mass is 10.0. The molecule has 0 fully saturated rings. The maximum absolute atomic E-state index is 10.7. The van der Waals surface area contributed by atoms with Crippen molar-refractivity contribution >= 4 is 22.2 Å². The second kappa shape index (κ2) is 5.15. The zero-order valence-corrected chi connectivity index (χ0v) is 9.87. The zero-order chi connectivity index (χ0) is 10.6. The van der Waals surface area contributed by atoms with Gasteiger partial charge in [0.15, 0.2) is 0 Å². The van der Waals surface area contributed by atoms with Crippen LogP contribution in [0.4, 0.5) is 0 Å². The molecule has 0 saturated carbocycles.